The Balaban J connectivity index is 3.10. The summed E-state index contributed by atoms with van der Waals surface area (Å²) in [4.78, 5) is 9.69. The lowest BCUT2D eigenvalue weighted by atomic mass is 10.3. The molecule has 0 saturated heterocycles. The highest BCUT2D eigenvalue weighted by molar-refractivity contribution is 14.1. The van der Waals surface area contributed by atoms with Crippen LogP contribution in [0.1, 0.15) is 0 Å². The number of nitrogens with zero attached hydrogens (tertiary/aromatic N) is 1. The van der Waals surface area contributed by atoms with E-state index in [-0.39, 0.29) is 5.69 Å². The fourth-order valence-corrected chi connectivity index (χ4v) is 1.44. The van der Waals surface area contributed by atoms with Crippen LogP contribution in [0.3, 0.4) is 0 Å². The van der Waals surface area contributed by atoms with Crippen LogP contribution in [0.4, 0.5) is 5.69 Å². The fourth-order valence-electron chi connectivity index (χ4n) is 0.638. The third kappa shape index (κ3) is 2.04. The van der Waals surface area contributed by atoms with E-state index in [9.17, 15) is 13.2 Å². The summed E-state index contributed by atoms with van der Waals surface area (Å²) in [5.41, 5.74) is -0.00181. The molecule has 1 aromatic carbocycles. The second-order valence-corrected chi connectivity index (χ2v) is 3.50. The van der Waals surface area contributed by atoms with Crippen molar-refractivity contribution in [3.63, 3.8) is 0 Å². The second-order valence-electron chi connectivity index (χ2n) is 1.81. The Morgan fingerprint density at radius 2 is 2.18 bits per heavy atom. The van der Waals surface area contributed by atoms with E-state index in [1.807, 2.05) is 0 Å². The zero-order valence-corrected chi connectivity index (χ0v) is 7.52. The number of nitro benzene ring substituents is 1. The summed E-state index contributed by atoms with van der Waals surface area (Å²) >= 11 is -1.29. The number of rotatable bonds is 2. The monoisotopic (exact) mass is 265 g/mol. The molecular weight excluding hydrogens is 261 g/mol. The third-order valence-electron chi connectivity index (χ3n) is 1.11. The minimum Gasteiger partial charge on any atom is -0.265 e. The molecule has 0 aromatic heterocycles. The first kappa shape index (κ1) is 8.25. The smallest absolute Gasteiger partial charge is 0.265 e. The molecule has 11 heavy (non-hydrogen) atoms. The lowest BCUT2D eigenvalue weighted by Gasteiger charge is -1.89. The van der Waals surface area contributed by atoms with Gasteiger partial charge in [-0.3, -0.25) is 13.2 Å². The van der Waals surface area contributed by atoms with Gasteiger partial charge in [-0.05, 0) is 6.07 Å². The molecule has 0 aliphatic rings. The molecule has 0 aliphatic heterocycles. The van der Waals surface area contributed by atoms with E-state index in [1.54, 1.807) is 6.07 Å². The highest BCUT2D eigenvalue weighted by atomic mass is 127. The average molecular weight is 265 g/mol. The minimum absolute atomic E-state index is 0.00181. The Hall–Kier alpha value is -0.850. The van der Waals surface area contributed by atoms with E-state index in [1.165, 1.54) is 18.2 Å². The van der Waals surface area contributed by atoms with Crippen molar-refractivity contribution < 1.29 is 7.99 Å². The van der Waals surface area contributed by atoms with Gasteiger partial charge in [0.25, 0.3) is 5.69 Å². The average Bonchev–Trinajstić information content (AvgIpc) is 2.05. The van der Waals surface area contributed by atoms with Crippen LogP contribution in [0.5, 0.6) is 0 Å². The van der Waals surface area contributed by atoms with E-state index in [0.29, 0.717) is 3.57 Å². The SMILES string of the molecule is O=Ic1cccc([N+](=O)[O-])c1. The van der Waals surface area contributed by atoms with Gasteiger partial charge < -0.3 is 0 Å². The number of hydrogen-bond acceptors (Lipinski definition) is 3. The van der Waals surface area contributed by atoms with Crippen LogP contribution in [0.2, 0.25) is 0 Å². The molecule has 0 heterocycles. The van der Waals surface area contributed by atoms with E-state index in [0.717, 1.165) is 0 Å². The lowest BCUT2D eigenvalue weighted by Crippen LogP contribution is -1.86. The van der Waals surface area contributed by atoms with Crippen molar-refractivity contribution in [3.8, 4) is 0 Å². The Morgan fingerprint density at radius 1 is 1.45 bits per heavy atom. The van der Waals surface area contributed by atoms with E-state index < -0.39 is 26.1 Å². The first-order valence-electron chi connectivity index (χ1n) is 2.75. The number of non-ortho nitro benzene ring substituents is 1. The van der Waals surface area contributed by atoms with Crippen LogP contribution in [-0.2, 0) is 3.07 Å². The molecule has 0 atom stereocenters. The van der Waals surface area contributed by atoms with Crippen LogP contribution in [0, 0.1) is 13.7 Å². The van der Waals surface area contributed by atoms with Crippen LogP contribution >= 0.6 is 21.2 Å². The van der Waals surface area contributed by atoms with Crippen molar-refractivity contribution in [1.29, 1.82) is 0 Å². The number of halogens is 1. The van der Waals surface area contributed by atoms with Crippen molar-refractivity contribution in [2.24, 2.45) is 0 Å². The largest absolute Gasteiger partial charge is 0.270 e. The molecule has 0 radical (unpaired) electrons. The van der Waals surface area contributed by atoms with Crippen LogP contribution < -0.4 is 0 Å². The summed E-state index contributed by atoms with van der Waals surface area (Å²) in [6, 6.07) is 5.86. The zero-order chi connectivity index (χ0) is 8.27. The molecule has 58 valence electrons. The number of hydrogen-bond donors (Lipinski definition) is 0. The Labute approximate surface area is 73.0 Å². The van der Waals surface area contributed by atoms with Crippen LogP contribution in [0.25, 0.3) is 0 Å². The van der Waals surface area contributed by atoms with Gasteiger partial charge in [0, 0.05) is 12.1 Å². The van der Waals surface area contributed by atoms with Gasteiger partial charge in [0.05, 0.1) is 8.49 Å². The van der Waals surface area contributed by atoms with Gasteiger partial charge in [0.2, 0.25) is 0 Å². The predicted molar refractivity (Wildman–Crippen MR) is 46.5 cm³/mol. The highest BCUT2D eigenvalue weighted by Crippen LogP contribution is 2.16. The zero-order valence-electron chi connectivity index (χ0n) is 5.36. The van der Waals surface area contributed by atoms with Crippen molar-refractivity contribution in [2.75, 3.05) is 0 Å². The van der Waals surface area contributed by atoms with Gasteiger partial charge in [-0.25, -0.2) is 0 Å². The second kappa shape index (κ2) is 3.51. The van der Waals surface area contributed by atoms with Gasteiger partial charge in [-0.1, -0.05) is 6.07 Å². The molecule has 1 rings (SSSR count). The molecule has 5 heteroatoms. The lowest BCUT2D eigenvalue weighted by molar-refractivity contribution is -0.384. The van der Waals surface area contributed by atoms with Gasteiger partial charge in [-0.2, -0.15) is 0 Å². The molecule has 1 aromatic rings. The minimum atomic E-state index is -1.29. The van der Waals surface area contributed by atoms with Crippen molar-refractivity contribution in [2.45, 2.75) is 0 Å². The summed E-state index contributed by atoms with van der Waals surface area (Å²) in [6.45, 7) is 0. The van der Waals surface area contributed by atoms with E-state index in [4.69, 9.17) is 0 Å². The maximum atomic E-state index is 10.4. The predicted octanol–water partition coefficient (Wildman–Crippen LogP) is 2.08. The van der Waals surface area contributed by atoms with Gasteiger partial charge in [0.15, 0.2) is 21.2 Å². The Bertz CT molecular complexity index is 300. The van der Waals surface area contributed by atoms with Gasteiger partial charge >= 0.3 is 0 Å². The topological polar surface area (TPSA) is 60.2 Å². The molecule has 0 bridgehead atoms. The molecule has 0 fully saturated rings. The number of benzene rings is 1. The molecule has 0 aliphatic carbocycles. The Morgan fingerprint density at radius 3 is 2.73 bits per heavy atom. The summed E-state index contributed by atoms with van der Waals surface area (Å²) in [7, 11) is 0. The summed E-state index contributed by atoms with van der Waals surface area (Å²) < 4.78 is 10.9. The molecule has 4 nitrogen and oxygen atoms in total. The maximum absolute atomic E-state index is 10.4. The normalized spacial score (nSPS) is 9.45. The van der Waals surface area contributed by atoms with Gasteiger partial charge in [-0.15, -0.1) is 0 Å². The van der Waals surface area contributed by atoms with E-state index in [2.05, 4.69) is 0 Å². The summed E-state index contributed by atoms with van der Waals surface area (Å²) in [5.74, 6) is 0. The molecule has 0 spiro atoms. The van der Waals surface area contributed by atoms with Crippen molar-refractivity contribution in [1.82, 2.24) is 0 Å². The highest BCUT2D eigenvalue weighted by Gasteiger charge is 2.04. The number of nitro groups is 1. The van der Waals surface area contributed by atoms with E-state index >= 15 is 0 Å². The maximum Gasteiger partial charge on any atom is 0.270 e. The quantitative estimate of drug-likeness (QED) is 0.467. The van der Waals surface area contributed by atoms with Gasteiger partial charge in [0.1, 0.15) is 0 Å². The van der Waals surface area contributed by atoms with Crippen LogP contribution in [0.15, 0.2) is 24.3 Å². The molecule has 0 N–H and O–H groups in total. The molecule has 0 unspecified atom stereocenters. The summed E-state index contributed by atoms with van der Waals surface area (Å²) in [6.07, 6.45) is 0. The molecular formula is C6H4INO3. The van der Waals surface area contributed by atoms with Crippen molar-refractivity contribution in [3.05, 3.63) is 37.9 Å². The standard InChI is InChI=1S/C6H4INO3/c9-7-5-2-1-3-6(4-5)8(10)11/h1-4H. The summed E-state index contributed by atoms with van der Waals surface area (Å²) in [5, 5.41) is 10.2. The first-order chi connectivity index (χ1) is 5.24. The third-order valence-corrected chi connectivity index (χ3v) is 2.29. The molecule has 0 saturated carbocycles. The molecule has 0 amide bonds. The first-order valence-corrected chi connectivity index (χ1v) is 4.71. The van der Waals surface area contributed by atoms with Crippen molar-refractivity contribution >= 4 is 26.9 Å². The van der Waals surface area contributed by atoms with Crippen LogP contribution in [-0.4, -0.2) is 4.92 Å². The Kier molecular flexibility index (Phi) is 2.64. The fraction of sp³-hybridized carbons (Fsp3) is 0.